The van der Waals surface area contributed by atoms with Gasteiger partial charge in [0.05, 0.1) is 36.3 Å². The standard InChI is InChI=1S/C11H10F2N2O5/c12-7-1-5(15(18)19)2-8(13)10(7)14-9-4-20-3-6(9)11(16)17/h1-2,6,9,14H,3-4H2,(H,16,17). The van der Waals surface area contributed by atoms with Crippen molar-refractivity contribution in [2.45, 2.75) is 6.04 Å². The van der Waals surface area contributed by atoms with E-state index in [-0.39, 0.29) is 13.2 Å². The molecule has 2 rings (SSSR count). The quantitative estimate of drug-likeness (QED) is 0.641. The largest absolute Gasteiger partial charge is 0.481 e. The zero-order valence-corrected chi connectivity index (χ0v) is 10.0. The number of aliphatic carboxylic acids is 1. The number of rotatable bonds is 4. The maximum absolute atomic E-state index is 13.7. The number of anilines is 1. The van der Waals surface area contributed by atoms with E-state index >= 15 is 0 Å². The van der Waals surface area contributed by atoms with Crippen LogP contribution in [0.4, 0.5) is 20.2 Å². The van der Waals surface area contributed by atoms with Crippen molar-refractivity contribution in [1.82, 2.24) is 0 Å². The molecule has 0 amide bonds. The fourth-order valence-electron chi connectivity index (χ4n) is 1.93. The fourth-order valence-corrected chi connectivity index (χ4v) is 1.93. The summed E-state index contributed by atoms with van der Waals surface area (Å²) in [4.78, 5) is 20.5. The lowest BCUT2D eigenvalue weighted by atomic mass is 10.0. The highest BCUT2D eigenvalue weighted by atomic mass is 19.1. The minimum absolute atomic E-state index is 0.0210. The van der Waals surface area contributed by atoms with Crippen LogP contribution in [-0.2, 0) is 9.53 Å². The van der Waals surface area contributed by atoms with Gasteiger partial charge in [-0.2, -0.15) is 0 Å². The van der Waals surface area contributed by atoms with Crippen molar-refractivity contribution in [1.29, 1.82) is 0 Å². The lowest BCUT2D eigenvalue weighted by molar-refractivity contribution is -0.385. The van der Waals surface area contributed by atoms with Crippen molar-refractivity contribution in [3.63, 3.8) is 0 Å². The predicted molar refractivity (Wildman–Crippen MR) is 62.4 cm³/mol. The molecule has 1 aliphatic rings. The molecule has 1 aromatic rings. The van der Waals surface area contributed by atoms with Crippen molar-refractivity contribution >= 4 is 17.3 Å². The number of benzene rings is 1. The number of nitrogens with zero attached hydrogens (tertiary/aromatic N) is 1. The monoisotopic (exact) mass is 288 g/mol. The SMILES string of the molecule is O=C(O)C1COCC1Nc1c(F)cc([N+](=O)[O-])cc1F. The Bertz CT molecular complexity index is 543. The highest BCUT2D eigenvalue weighted by Gasteiger charge is 2.35. The van der Waals surface area contributed by atoms with E-state index in [0.29, 0.717) is 12.1 Å². The number of hydrogen-bond acceptors (Lipinski definition) is 5. The Kier molecular flexibility index (Phi) is 3.79. The number of nitrogens with one attached hydrogen (secondary N) is 1. The first kappa shape index (κ1) is 14.1. The Hall–Kier alpha value is -2.29. The molecular formula is C11H10F2N2O5. The maximum atomic E-state index is 13.7. The first-order chi connectivity index (χ1) is 9.40. The lowest BCUT2D eigenvalue weighted by Crippen LogP contribution is -2.33. The van der Waals surface area contributed by atoms with E-state index in [1.807, 2.05) is 0 Å². The minimum Gasteiger partial charge on any atom is -0.481 e. The fraction of sp³-hybridized carbons (Fsp3) is 0.364. The molecule has 0 saturated carbocycles. The smallest absolute Gasteiger partial charge is 0.311 e. The van der Waals surface area contributed by atoms with Crippen LogP contribution >= 0.6 is 0 Å². The van der Waals surface area contributed by atoms with E-state index in [2.05, 4.69) is 5.32 Å². The van der Waals surface area contributed by atoms with Crippen LogP contribution in [0.25, 0.3) is 0 Å². The molecule has 108 valence electrons. The highest BCUT2D eigenvalue weighted by molar-refractivity contribution is 5.72. The van der Waals surface area contributed by atoms with Gasteiger partial charge in [-0.3, -0.25) is 14.9 Å². The van der Waals surface area contributed by atoms with Crippen LogP contribution < -0.4 is 5.32 Å². The van der Waals surface area contributed by atoms with Crippen LogP contribution in [0, 0.1) is 27.7 Å². The van der Waals surface area contributed by atoms with Crippen molar-refractivity contribution in [2.24, 2.45) is 5.92 Å². The van der Waals surface area contributed by atoms with Gasteiger partial charge in [0.2, 0.25) is 0 Å². The topological polar surface area (TPSA) is 102 Å². The van der Waals surface area contributed by atoms with Crippen LogP contribution in [0.15, 0.2) is 12.1 Å². The molecule has 0 radical (unpaired) electrons. The average Bonchev–Trinajstić information content (AvgIpc) is 2.81. The summed E-state index contributed by atoms with van der Waals surface area (Å²) in [6.07, 6.45) is 0. The highest BCUT2D eigenvalue weighted by Crippen LogP contribution is 2.27. The zero-order chi connectivity index (χ0) is 14.9. The molecule has 1 aromatic carbocycles. The van der Waals surface area contributed by atoms with Crippen LogP contribution in [0.1, 0.15) is 0 Å². The molecule has 20 heavy (non-hydrogen) atoms. The minimum atomic E-state index is -1.16. The number of carboxylic acids is 1. The van der Waals surface area contributed by atoms with E-state index in [1.54, 1.807) is 0 Å². The van der Waals surface area contributed by atoms with Gasteiger partial charge < -0.3 is 15.2 Å². The summed E-state index contributed by atoms with van der Waals surface area (Å²) in [5.74, 6) is -4.41. The Labute approximate surface area is 111 Å². The second-order valence-corrected chi connectivity index (χ2v) is 4.27. The predicted octanol–water partition coefficient (Wildman–Crippen LogP) is 1.38. The van der Waals surface area contributed by atoms with E-state index in [4.69, 9.17) is 9.84 Å². The second kappa shape index (κ2) is 5.37. The van der Waals surface area contributed by atoms with E-state index < -0.39 is 45.9 Å². The summed E-state index contributed by atoms with van der Waals surface area (Å²) in [6, 6.07) is 0.325. The zero-order valence-electron chi connectivity index (χ0n) is 10.0. The van der Waals surface area contributed by atoms with E-state index in [9.17, 15) is 23.7 Å². The first-order valence-corrected chi connectivity index (χ1v) is 5.60. The van der Waals surface area contributed by atoms with Crippen LogP contribution in [0.3, 0.4) is 0 Å². The normalized spacial score (nSPS) is 21.7. The van der Waals surface area contributed by atoms with Gasteiger partial charge in [0.15, 0.2) is 11.6 Å². The van der Waals surface area contributed by atoms with Gasteiger partial charge in [-0.1, -0.05) is 0 Å². The van der Waals surface area contributed by atoms with Crippen molar-refractivity contribution in [3.8, 4) is 0 Å². The average molecular weight is 288 g/mol. The summed E-state index contributed by atoms with van der Waals surface area (Å²) < 4.78 is 32.3. The number of nitro groups is 1. The molecule has 1 saturated heterocycles. The molecular weight excluding hydrogens is 278 g/mol. The summed E-state index contributed by atoms with van der Waals surface area (Å²) >= 11 is 0. The maximum Gasteiger partial charge on any atom is 0.311 e. The summed E-state index contributed by atoms with van der Waals surface area (Å²) in [7, 11) is 0. The molecule has 1 fully saturated rings. The molecule has 9 heteroatoms. The van der Waals surface area contributed by atoms with Gasteiger partial charge in [-0.05, 0) is 0 Å². The summed E-state index contributed by atoms with van der Waals surface area (Å²) in [5, 5.41) is 21.8. The van der Waals surface area contributed by atoms with Crippen LogP contribution in [0.5, 0.6) is 0 Å². The van der Waals surface area contributed by atoms with Gasteiger partial charge >= 0.3 is 5.97 Å². The molecule has 0 bridgehead atoms. The Morgan fingerprint density at radius 3 is 2.50 bits per heavy atom. The van der Waals surface area contributed by atoms with Gasteiger partial charge in [-0.25, -0.2) is 8.78 Å². The summed E-state index contributed by atoms with van der Waals surface area (Å²) in [5.41, 5.74) is -1.32. The Morgan fingerprint density at radius 2 is 2.00 bits per heavy atom. The number of carbonyl (C=O) groups is 1. The third-order valence-corrected chi connectivity index (χ3v) is 2.97. The van der Waals surface area contributed by atoms with Gasteiger partial charge in [0, 0.05) is 0 Å². The van der Waals surface area contributed by atoms with Gasteiger partial charge in [-0.15, -0.1) is 0 Å². The first-order valence-electron chi connectivity index (χ1n) is 5.60. The number of hydrogen-bond donors (Lipinski definition) is 2. The third kappa shape index (κ3) is 2.67. The van der Waals surface area contributed by atoms with E-state index in [1.165, 1.54) is 0 Å². The number of ether oxygens (including phenoxy) is 1. The molecule has 2 unspecified atom stereocenters. The summed E-state index contributed by atoms with van der Waals surface area (Å²) in [6.45, 7) is -0.0872. The molecule has 1 aliphatic heterocycles. The lowest BCUT2D eigenvalue weighted by Gasteiger charge is -2.17. The molecule has 0 aliphatic carbocycles. The van der Waals surface area contributed by atoms with Crippen LogP contribution in [-0.4, -0.2) is 35.3 Å². The molecule has 7 nitrogen and oxygen atoms in total. The number of non-ortho nitro benzene ring substituents is 1. The van der Waals surface area contributed by atoms with Gasteiger partial charge in [0.1, 0.15) is 11.6 Å². The van der Waals surface area contributed by atoms with E-state index in [0.717, 1.165) is 0 Å². The van der Waals surface area contributed by atoms with Crippen molar-refractivity contribution in [2.75, 3.05) is 18.5 Å². The second-order valence-electron chi connectivity index (χ2n) is 4.27. The molecule has 2 N–H and O–H groups in total. The molecule has 0 aromatic heterocycles. The number of carboxylic acid groups (broad SMARTS) is 1. The molecule has 1 heterocycles. The Morgan fingerprint density at radius 1 is 1.40 bits per heavy atom. The third-order valence-electron chi connectivity index (χ3n) is 2.97. The number of nitro benzene ring substituents is 1. The molecule has 2 atom stereocenters. The Balaban J connectivity index is 2.25. The van der Waals surface area contributed by atoms with Crippen LogP contribution in [0.2, 0.25) is 0 Å². The van der Waals surface area contributed by atoms with Crippen molar-refractivity contribution in [3.05, 3.63) is 33.9 Å². The number of halogens is 2. The van der Waals surface area contributed by atoms with Crippen molar-refractivity contribution < 1.29 is 28.3 Å². The van der Waals surface area contributed by atoms with Gasteiger partial charge in [0.25, 0.3) is 5.69 Å². The molecule has 0 spiro atoms.